The Morgan fingerprint density at radius 3 is 1.44 bits per heavy atom. The van der Waals surface area contributed by atoms with E-state index in [0.717, 1.165) is 0 Å². The average molecular weight is 209 g/mol. The van der Waals surface area contributed by atoms with Gasteiger partial charge in [0, 0.05) is 0 Å². The summed E-state index contributed by atoms with van der Waals surface area (Å²) in [7, 11) is 2.19. The average Bonchev–Trinajstić information content (AvgIpc) is 3.03. The van der Waals surface area contributed by atoms with Crippen LogP contribution in [-0.2, 0) is 0 Å². The molecule has 0 radical (unpaired) electrons. The third kappa shape index (κ3) is 1.54. The quantitative estimate of drug-likeness (QED) is 0.685. The topological polar surface area (TPSA) is 3.01 Å². The van der Waals surface area contributed by atoms with Crippen LogP contribution in [-0.4, -0.2) is 11.9 Å². The molecular formula is C15H15N. The van der Waals surface area contributed by atoms with Gasteiger partial charge >= 0.3 is 0 Å². The van der Waals surface area contributed by atoms with Gasteiger partial charge in [0.25, 0.3) is 0 Å². The van der Waals surface area contributed by atoms with Gasteiger partial charge in [-0.1, -0.05) is 60.7 Å². The summed E-state index contributed by atoms with van der Waals surface area (Å²) in [5.41, 5.74) is 2.83. The van der Waals surface area contributed by atoms with Crippen LogP contribution >= 0.6 is 0 Å². The summed E-state index contributed by atoms with van der Waals surface area (Å²) in [4.78, 5) is 2.41. The molecule has 2 aromatic rings. The Morgan fingerprint density at radius 1 is 0.688 bits per heavy atom. The zero-order chi connectivity index (χ0) is 11.0. The van der Waals surface area contributed by atoms with Gasteiger partial charge in [0.15, 0.2) is 0 Å². The molecule has 16 heavy (non-hydrogen) atoms. The number of nitrogens with zero attached hydrogens (tertiary/aromatic N) is 1. The van der Waals surface area contributed by atoms with E-state index in [1.54, 1.807) is 0 Å². The lowest BCUT2D eigenvalue weighted by atomic mass is 10.0. The molecule has 2 aromatic carbocycles. The van der Waals surface area contributed by atoms with Crippen molar-refractivity contribution < 1.29 is 0 Å². The number of likely N-dealkylation sites (N-methyl/N-ethyl adjacent to an activating group) is 1. The fourth-order valence-corrected chi connectivity index (χ4v) is 2.47. The van der Waals surface area contributed by atoms with Crippen LogP contribution in [0.1, 0.15) is 23.2 Å². The maximum absolute atomic E-state index is 2.41. The van der Waals surface area contributed by atoms with E-state index in [1.165, 1.54) is 11.1 Å². The molecule has 1 fully saturated rings. The Kier molecular flexibility index (Phi) is 2.26. The van der Waals surface area contributed by atoms with Gasteiger partial charge in [-0.3, -0.25) is 4.90 Å². The van der Waals surface area contributed by atoms with Gasteiger partial charge < -0.3 is 0 Å². The lowest BCUT2D eigenvalue weighted by Crippen LogP contribution is -1.87. The molecule has 1 saturated heterocycles. The molecule has 3 rings (SSSR count). The Balaban J connectivity index is 1.87. The lowest BCUT2D eigenvalue weighted by Gasteiger charge is -1.97. The highest BCUT2D eigenvalue weighted by Gasteiger charge is 2.45. The number of benzene rings is 2. The summed E-state index contributed by atoms with van der Waals surface area (Å²) in [5.74, 6) is 0. The number of hydrogen-bond acceptors (Lipinski definition) is 1. The van der Waals surface area contributed by atoms with Crippen LogP contribution in [0.25, 0.3) is 0 Å². The first-order valence-electron chi connectivity index (χ1n) is 5.70. The van der Waals surface area contributed by atoms with Gasteiger partial charge in [0.2, 0.25) is 0 Å². The molecule has 0 aromatic heterocycles. The second-order valence-electron chi connectivity index (χ2n) is 4.38. The van der Waals surface area contributed by atoms with E-state index in [4.69, 9.17) is 0 Å². The summed E-state index contributed by atoms with van der Waals surface area (Å²) in [6, 6.07) is 22.6. The Labute approximate surface area is 96.3 Å². The highest BCUT2D eigenvalue weighted by molar-refractivity contribution is 5.34. The Morgan fingerprint density at radius 2 is 1.06 bits per heavy atom. The van der Waals surface area contributed by atoms with Crippen LogP contribution in [0.15, 0.2) is 60.7 Å². The van der Waals surface area contributed by atoms with E-state index in [9.17, 15) is 0 Å². The van der Waals surface area contributed by atoms with Gasteiger partial charge in [-0.15, -0.1) is 0 Å². The van der Waals surface area contributed by atoms with Crippen molar-refractivity contribution in [3.8, 4) is 0 Å². The van der Waals surface area contributed by atoms with Crippen LogP contribution in [0.5, 0.6) is 0 Å². The molecule has 1 heteroatoms. The molecule has 0 spiro atoms. The molecule has 1 heterocycles. The van der Waals surface area contributed by atoms with Crippen LogP contribution in [0.2, 0.25) is 0 Å². The lowest BCUT2D eigenvalue weighted by molar-refractivity contribution is 0.596. The molecule has 0 aliphatic carbocycles. The van der Waals surface area contributed by atoms with Gasteiger partial charge in [-0.2, -0.15) is 0 Å². The molecule has 0 bridgehead atoms. The van der Waals surface area contributed by atoms with Crippen molar-refractivity contribution in [2.45, 2.75) is 12.1 Å². The van der Waals surface area contributed by atoms with Gasteiger partial charge in [-0.05, 0) is 18.2 Å². The van der Waals surface area contributed by atoms with Crippen molar-refractivity contribution in [1.29, 1.82) is 0 Å². The minimum atomic E-state index is 0.559. The standard InChI is InChI=1S/C15H15N/c1-16-14(12-8-4-2-5-9-12)15(16)13-10-6-3-7-11-13/h2-11,14-15H,1H3. The predicted octanol–water partition coefficient (Wildman–Crippen LogP) is 3.41. The second-order valence-corrected chi connectivity index (χ2v) is 4.38. The first-order valence-corrected chi connectivity index (χ1v) is 5.70. The zero-order valence-corrected chi connectivity index (χ0v) is 9.38. The van der Waals surface area contributed by atoms with Crippen LogP contribution in [0.4, 0.5) is 0 Å². The molecule has 1 nitrogen and oxygen atoms in total. The van der Waals surface area contributed by atoms with E-state index in [1.807, 2.05) is 0 Å². The summed E-state index contributed by atoms with van der Waals surface area (Å²) in [6.45, 7) is 0. The van der Waals surface area contributed by atoms with Crippen LogP contribution < -0.4 is 0 Å². The first kappa shape index (κ1) is 9.61. The van der Waals surface area contributed by atoms with Crippen molar-refractivity contribution in [3.63, 3.8) is 0 Å². The second kappa shape index (κ2) is 3.76. The zero-order valence-electron chi connectivity index (χ0n) is 9.38. The molecule has 2 atom stereocenters. The number of rotatable bonds is 2. The smallest absolute Gasteiger partial charge is 0.0549 e. The molecule has 2 unspecified atom stereocenters. The number of hydrogen-bond donors (Lipinski definition) is 0. The maximum atomic E-state index is 2.41. The van der Waals surface area contributed by atoms with E-state index < -0.39 is 0 Å². The maximum Gasteiger partial charge on any atom is 0.0549 e. The summed E-state index contributed by atoms with van der Waals surface area (Å²) in [5, 5.41) is 0. The fraction of sp³-hybridized carbons (Fsp3) is 0.200. The third-order valence-electron chi connectivity index (χ3n) is 3.37. The molecule has 0 saturated carbocycles. The van der Waals surface area contributed by atoms with E-state index in [0.29, 0.717) is 12.1 Å². The SMILES string of the molecule is CN1C(c2ccccc2)C1c1ccccc1. The van der Waals surface area contributed by atoms with Crippen LogP contribution in [0.3, 0.4) is 0 Å². The van der Waals surface area contributed by atoms with Crippen molar-refractivity contribution in [3.05, 3.63) is 71.8 Å². The molecule has 1 aliphatic heterocycles. The van der Waals surface area contributed by atoms with Crippen LogP contribution in [0, 0.1) is 0 Å². The summed E-state index contributed by atoms with van der Waals surface area (Å²) >= 11 is 0. The molecule has 0 N–H and O–H groups in total. The van der Waals surface area contributed by atoms with E-state index in [2.05, 4.69) is 72.6 Å². The van der Waals surface area contributed by atoms with Crippen molar-refractivity contribution >= 4 is 0 Å². The molecular weight excluding hydrogens is 194 g/mol. The normalized spacial score (nSPS) is 27.7. The Bertz CT molecular complexity index is 418. The molecule has 1 aliphatic rings. The van der Waals surface area contributed by atoms with E-state index in [-0.39, 0.29) is 0 Å². The van der Waals surface area contributed by atoms with Gasteiger partial charge in [0.05, 0.1) is 12.1 Å². The fourth-order valence-electron chi connectivity index (χ4n) is 2.47. The van der Waals surface area contributed by atoms with E-state index >= 15 is 0 Å². The summed E-state index contributed by atoms with van der Waals surface area (Å²) in [6.07, 6.45) is 0. The minimum Gasteiger partial charge on any atom is -0.289 e. The first-order chi connectivity index (χ1) is 7.88. The minimum absolute atomic E-state index is 0.559. The monoisotopic (exact) mass is 209 g/mol. The highest BCUT2D eigenvalue weighted by Crippen LogP contribution is 2.52. The third-order valence-corrected chi connectivity index (χ3v) is 3.37. The predicted molar refractivity (Wildman–Crippen MR) is 66.1 cm³/mol. The van der Waals surface area contributed by atoms with Crippen molar-refractivity contribution in [1.82, 2.24) is 4.90 Å². The van der Waals surface area contributed by atoms with Gasteiger partial charge in [0.1, 0.15) is 0 Å². The van der Waals surface area contributed by atoms with Gasteiger partial charge in [-0.25, -0.2) is 0 Å². The largest absolute Gasteiger partial charge is 0.289 e. The molecule has 80 valence electrons. The van der Waals surface area contributed by atoms with Crippen molar-refractivity contribution in [2.75, 3.05) is 7.05 Å². The summed E-state index contributed by atoms with van der Waals surface area (Å²) < 4.78 is 0. The van der Waals surface area contributed by atoms with Crippen molar-refractivity contribution in [2.24, 2.45) is 0 Å². The highest BCUT2D eigenvalue weighted by atomic mass is 15.3. The Hall–Kier alpha value is -1.60. The molecule has 0 amide bonds.